The number of rotatable bonds is 3. The summed E-state index contributed by atoms with van der Waals surface area (Å²) >= 11 is 5.94. The van der Waals surface area contributed by atoms with E-state index in [1.165, 1.54) is 12.4 Å². The molecule has 1 aromatic heterocycles. The molecule has 0 radical (unpaired) electrons. The molecule has 6 heteroatoms. The van der Waals surface area contributed by atoms with Gasteiger partial charge in [0.1, 0.15) is 11.5 Å². The normalized spacial score (nSPS) is 9.89. The summed E-state index contributed by atoms with van der Waals surface area (Å²) in [4.78, 5) is 19.9. The predicted molar refractivity (Wildman–Crippen MR) is 71.0 cm³/mol. The van der Waals surface area contributed by atoms with Crippen LogP contribution in [0.5, 0.6) is 0 Å². The number of halogens is 1. The van der Waals surface area contributed by atoms with E-state index >= 15 is 0 Å². The number of nitrogens with one attached hydrogen (secondary N) is 2. The second-order valence-corrected chi connectivity index (χ2v) is 3.88. The van der Waals surface area contributed by atoms with Crippen molar-refractivity contribution < 1.29 is 4.79 Å². The number of para-hydroxylation sites is 1. The van der Waals surface area contributed by atoms with Crippen molar-refractivity contribution in [2.45, 2.75) is 0 Å². The highest BCUT2D eigenvalue weighted by Gasteiger charge is 2.09. The molecule has 2 rings (SSSR count). The number of amides is 1. The number of benzene rings is 1. The Morgan fingerprint density at radius 1 is 1.22 bits per heavy atom. The maximum absolute atomic E-state index is 11.9. The molecule has 0 saturated heterocycles. The minimum absolute atomic E-state index is 0.230. The summed E-state index contributed by atoms with van der Waals surface area (Å²) in [7, 11) is 1.73. The van der Waals surface area contributed by atoms with Crippen molar-refractivity contribution >= 4 is 29.0 Å². The highest BCUT2D eigenvalue weighted by Crippen LogP contribution is 2.20. The molecule has 0 atom stereocenters. The number of carbonyl (C=O) groups is 1. The van der Waals surface area contributed by atoms with E-state index in [4.69, 9.17) is 11.6 Å². The van der Waals surface area contributed by atoms with E-state index in [1.807, 2.05) is 0 Å². The first-order chi connectivity index (χ1) is 8.70. The van der Waals surface area contributed by atoms with Gasteiger partial charge in [-0.05, 0) is 12.1 Å². The number of hydrogen-bond donors (Lipinski definition) is 2. The number of aromatic nitrogens is 2. The van der Waals surface area contributed by atoms with Gasteiger partial charge in [-0.15, -0.1) is 0 Å². The number of anilines is 2. The zero-order valence-electron chi connectivity index (χ0n) is 9.64. The Kier molecular flexibility index (Phi) is 3.74. The molecule has 0 fully saturated rings. The van der Waals surface area contributed by atoms with Crippen LogP contribution in [0.4, 0.5) is 11.5 Å². The predicted octanol–water partition coefficient (Wildman–Crippen LogP) is 2.42. The second kappa shape index (κ2) is 5.46. The third kappa shape index (κ3) is 2.75. The van der Waals surface area contributed by atoms with Gasteiger partial charge in [-0.3, -0.25) is 4.79 Å². The van der Waals surface area contributed by atoms with Crippen LogP contribution in [0.1, 0.15) is 10.5 Å². The molecule has 1 aromatic carbocycles. The molecule has 0 bridgehead atoms. The smallest absolute Gasteiger partial charge is 0.275 e. The molecular weight excluding hydrogens is 252 g/mol. The van der Waals surface area contributed by atoms with Gasteiger partial charge in [-0.25, -0.2) is 9.97 Å². The molecule has 0 unspecified atom stereocenters. The van der Waals surface area contributed by atoms with Crippen molar-refractivity contribution in [1.82, 2.24) is 9.97 Å². The molecule has 1 heterocycles. The lowest BCUT2D eigenvalue weighted by atomic mass is 10.3. The minimum Gasteiger partial charge on any atom is -0.372 e. The van der Waals surface area contributed by atoms with Crippen LogP contribution in [0.3, 0.4) is 0 Å². The maximum atomic E-state index is 11.9. The van der Waals surface area contributed by atoms with Crippen LogP contribution in [0.25, 0.3) is 0 Å². The van der Waals surface area contributed by atoms with Crippen LogP contribution in [0.15, 0.2) is 36.7 Å². The fraction of sp³-hybridized carbons (Fsp3) is 0.0833. The van der Waals surface area contributed by atoms with Crippen molar-refractivity contribution in [3.8, 4) is 0 Å². The fourth-order valence-electron chi connectivity index (χ4n) is 1.32. The van der Waals surface area contributed by atoms with Crippen LogP contribution >= 0.6 is 11.6 Å². The molecule has 92 valence electrons. The standard InChI is InChI=1S/C12H11ClN4O/c1-14-11-7-15-10(6-16-11)12(18)17-9-5-3-2-4-8(9)13/h2-7H,1H3,(H,14,16)(H,17,18). The first-order valence-electron chi connectivity index (χ1n) is 5.26. The van der Waals surface area contributed by atoms with Gasteiger partial charge < -0.3 is 10.6 Å². The Hall–Kier alpha value is -2.14. The Morgan fingerprint density at radius 3 is 2.61 bits per heavy atom. The van der Waals surface area contributed by atoms with E-state index in [2.05, 4.69) is 20.6 Å². The van der Waals surface area contributed by atoms with Crippen LogP contribution < -0.4 is 10.6 Å². The Labute approximate surface area is 109 Å². The van der Waals surface area contributed by atoms with Crippen molar-refractivity contribution in [3.63, 3.8) is 0 Å². The Balaban J connectivity index is 2.14. The fourth-order valence-corrected chi connectivity index (χ4v) is 1.51. The highest BCUT2D eigenvalue weighted by atomic mass is 35.5. The Bertz CT molecular complexity index is 556. The maximum Gasteiger partial charge on any atom is 0.275 e. The van der Waals surface area contributed by atoms with Gasteiger partial charge in [-0.2, -0.15) is 0 Å². The third-order valence-electron chi connectivity index (χ3n) is 2.26. The van der Waals surface area contributed by atoms with E-state index in [0.29, 0.717) is 16.5 Å². The van der Waals surface area contributed by atoms with Crippen LogP contribution in [-0.4, -0.2) is 22.9 Å². The molecule has 0 aliphatic carbocycles. The lowest BCUT2D eigenvalue weighted by Crippen LogP contribution is -2.14. The molecule has 5 nitrogen and oxygen atoms in total. The summed E-state index contributed by atoms with van der Waals surface area (Å²) in [6.07, 6.45) is 2.89. The zero-order valence-corrected chi connectivity index (χ0v) is 10.4. The lowest BCUT2D eigenvalue weighted by Gasteiger charge is -2.06. The highest BCUT2D eigenvalue weighted by molar-refractivity contribution is 6.33. The molecule has 1 amide bonds. The Morgan fingerprint density at radius 2 is 2.00 bits per heavy atom. The van der Waals surface area contributed by atoms with Crippen molar-refractivity contribution in [1.29, 1.82) is 0 Å². The minimum atomic E-state index is -0.349. The lowest BCUT2D eigenvalue weighted by molar-refractivity contribution is 0.102. The van der Waals surface area contributed by atoms with Gasteiger partial charge in [0.2, 0.25) is 0 Å². The summed E-state index contributed by atoms with van der Waals surface area (Å²) in [5.41, 5.74) is 0.776. The zero-order chi connectivity index (χ0) is 13.0. The van der Waals surface area contributed by atoms with Crippen LogP contribution in [-0.2, 0) is 0 Å². The van der Waals surface area contributed by atoms with Crippen molar-refractivity contribution in [2.24, 2.45) is 0 Å². The average Bonchev–Trinajstić information content (AvgIpc) is 2.41. The SMILES string of the molecule is CNc1cnc(C(=O)Nc2ccccc2Cl)cn1. The molecule has 0 aliphatic rings. The first-order valence-corrected chi connectivity index (χ1v) is 5.64. The second-order valence-electron chi connectivity index (χ2n) is 3.47. The topological polar surface area (TPSA) is 66.9 Å². The van der Waals surface area contributed by atoms with E-state index in [9.17, 15) is 4.79 Å². The quantitative estimate of drug-likeness (QED) is 0.892. The van der Waals surface area contributed by atoms with Crippen molar-refractivity contribution in [2.75, 3.05) is 17.7 Å². The number of nitrogens with zero attached hydrogens (tertiary/aromatic N) is 2. The third-order valence-corrected chi connectivity index (χ3v) is 2.59. The van der Waals surface area contributed by atoms with Crippen LogP contribution in [0.2, 0.25) is 5.02 Å². The van der Waals surface area contributed by atoms with Gasteiger partial charge in [0, 0.05) is 7.05 Å². The molecule has 2 aromatic rings. The van der Waals surface area contributed by atoms with E-state index in [-0.39, 0.29) is 11.6 Å². The summed E-state index contributed by atoms with van der Waals surface area (Å²) in [5.74, 6) is 0.252. The average molecular weight is 263 g/mol. The number of carbonyl (C=O) groups excluding carboxylic acids is 1. The summed E-state index contributed by atoms with van der Waals surface area (Å²) in [6, 6.07) is 7.00. The van der Waals surface area contributed by atoms with E-state index in [1.54, 1.807) is 31.3 Å². The van der Waals surface area contributed by atoms with Gasteiger partial charge >= 0.3 is 0 Å². The first kappa shape index (κ1) is 12.3. The molecular formula is C12H11ClN4O. The largest absolute Gasteiger partial charge is 0.372 e. The van der Waals surface area contributed by atoms with E-state index in [0.717, 1.165) is 0 Å². The molecule has 0 saturated carbocycles. The summed E-state index contributed by atoms with van der Waals surface area (Å²) in [5, 5.41) is 5.97. The molecule has 18 heavy (non-hydrogen) atoms. The van der Waals surface area contributed by atoms with Gasteiger partial charge in [0.05, 0.1) is 23.1 Å². The van der Waals surface area contributed by atoms with E-state index < -0.39 is 0 Å². The van der Waals surface area contributed by atoms with Crippen molar-refractivity contribution in [3.05, 3.63) is 47.4 Å². The van der Waals surface area contributed by atoms with Crippen LogP contribution in [0, 0.1) is 0 Å². The summed E-state index contributed by atoms with van der Waals surface area (Å²) < 4.78 is 0. The number of hydrogen-bond acceptors (Lipinski definition) is 4. The van der Waals surface area contributed by atoms with Gasteiger partial charge in [-0.1, -0.05) is 23.7 Å². The molecule has 2 N–H and O–H groups in total. The monoisotopic (exact) mass is 262 g/mol. The van der Waals surface area contributed by atoms with Gasteiger partial charge in [0.15, 0.2) is 0 Å². The van der Waals surface area contributed by atoms with Gasteiger partial charge in [0.25, 0.3) is 5.91 Å². The summed E-state index contributed by atoms with van der Waals surface area (Å²) in [6.45, 7) is 0. The molecule has 0 spiro atoms. The molecule has 0 aliphatic heterocycles.